The Morgan fingerprint density at radius 3 is 2.65 bits per heavy atom. The molecule has 0 saturated heterocycles. The lowest BCUT2D eigenvalue weighted by Gasteiger charge is -2.05. The summed E-state index contributed by atoms with van der Waals surface area (Å²) >= 11 is 0. The molecule has 0 spiro atoms. The van der Waals surface area contributed by atoms with Gasteiger partial charge < -0.3 is 10.1 Å². The molecular weight excluding hydrogens is 218 g/mol. The highest BCUT2D eigenvalue weighted by Crippen LogP contribution is 1.97. The summed E-state index contributed by atoms with van der Waals surface area (Å²) < 4.78 is 4.59. The van der Waals surface area contributed by atoms with Crippen molar-refractivity contribution in [2.24, 2.45) is 0 Å². The van der Waals surface area contributed by atoms with Gasteiger partial charge >= 0.3 is 5.97 Å². The number of rotatable bonds is 6. The maximum atomic E-state index is 11.2. The van der Waals surface area contributed by atoms with Crippen LogP contribution in [0.3, 0.4) is 0 Å². The molecule has 0 radical (unpaired) electrons. The van der Waals surface area contributed by atoms with E-state index >= 15 is 0 Å². The van der Waals surface area contributed by atoms with Crippen LogP contribution in [0, 0.1) is 0 Å². The van der Waals surface area contributed by atoms with Crippen molar-refractivity contribution in [2.75, 3.05) is 13.2 Å². The predicted molar refractivity (Wildman–Crippen MR) is 64.3 cm³/mol. The van der Waals surface area contributed by atoms with Crippen LogP contribution in [0.1, 0.15) is 5.56 Å². The molecule has 17 heavy (non-hydrogen) atoms. The van der Waals surface area contributed by atoms with Gasteiger partial charge in [-0.2, -0.15) is 0 Å². The molecule has 0 atom stereocenters. The fourth-order valence-corrected chi connectivity index (χ4v) is 1.24. The van der Waals surface area contributed by atoms with Gasteiger partial charge in [-0.15, -0.1) is 0 Å². The van der Waals surface area contributed by atoms with Crippen LogP contribution in [0.2, 0.25) is 0 Å². The van der Waals surface area contributed by atoms with Crippen LogP contribution in [0.15, 0.2) is 43.0 Å². The van der Waals surface area contributed by atoms with Crippen LogP contribution in [-0.2, 0) is 20.7 Å². The van der Waals surface area contributed by atoms with Gasteiger partial charge in [0.2, 0.25) is 0 Å². The van der Waals surface area contributed by atoms with Crippen molar-refractivity contribution in [3.63, 3.8) is 0 Å². The van der Waals surface area contributed by atoms with Gasteiger partial charge in [0.05, 0.1) is 0 Å². The summed E-state index contributed by atoms with van der Waals surface area (Å²) in [7, 11) is 0. The molecule has 0 aliphatic rings. The van der Waals surface area contributed by atoms with Gasteiger partial charge in [0, 0.05) is 12.6 Å². The average molecular weight is 233 g/mol. The quantitative estimate of drug-likeness (QED) is 0.590. The molecule has 1 N–H and O–H groups in total. The molecule has 1 amide bonds. The third-order valence-electron chi connectivity index (χ3n) is 2.09. The molecule has 0 fully saturated rings. The zero-order valence-electron chi connectivity index (χ0n) is 9.52. The molecule has 0 aromatic heterocycles. The minimum absolute atomic E-state index is 0.264. The second kappa shape index (κ2) is 7.22. The number of hydrogen-bond acceptors (Lipinski definition) is 3. The van der Waals surface area contributed by atoms with Crippen molar-refractivity contribution in [1.29, 1.82) is 0 Å². The van der Waals surface area contributed by atoms with Gasteiger partial charge in [-0.3, -0.25) is 4.79 Å². The van der Waals surface area contributed by atoms with E-state index in [4.69, 9.17) is 0 Å². The smallest absolute Gasteiger partial charge is 0.330 e. The molecule has 0 bridgehead atoms. The first-order chi connectivity index (χ1) is 8.22. The van der Waals surface area contributed by atoms with E-state index < -0.39 is 5.97 Å². The van der Waals surface area contributed by atoms with E-state index in [1.54, 1.807) is 0 Å². The Morgan fingerprint density at radius 1 is 1.29 bits per heavy atom. The van der Waals surface area contributed by atoms with Crippen LogP contribution in [0.4, 0.5) is 0 Å². The van der Waals surface area contributed by atoms with E-state index in [0.717, 1.165) is 18.1 Å². The van der Waals surface area contributed by atoms with E-state index in [9.17, 15) is 9.59 Å². The first-order valence-corrected chi connectivity index (χ1v) is 5.32. The molecule has 0 unspecified atom stereocenters. The maximum Gasteiger partial charge on any atom is 0.330 e. The first kappa shape index (κ1) is 13.0. The Kier molecular flexibility index (Phi) is 5.51. The summed E-state index contributed by atoms with van der Waals surface area (Å²) in [5, 5.41) is 2.66. The molecular formula is C13H15NO3. The number of benzene rings is 1. The van der Waals surface area contributed by atoms with Gasteiger partial charge in [0.25, 0.3) is 5.91 Å². The zero-order valence-corrected chi connectivity index (χ0v) is 9.52. The van der Waals surface area contributed by atoms with Gasteiger partial charge in [-0.05, 0) is 12.0 Å². The molecule has 4 heteroatoms. The van der Waals surface area contributed by atoms with E-state index in [0.29, 0.717) is 6.54 Å². The van der Waals surface area contributed by atoms with Crippen LogP contribution in [-0.4, -0.2) is 25.0 Å². The summed E-state index contributed by atoms with van der Waals surface area (Å²) in [6.07, 6.45) is 1.78. The van der Waals surface area contributed by atoms with Crippen LogP contribution < -0.4 is 5.32 Å². The van der Waals surface area contributed by atoms with Crippen LogP contribution >= 0.6 is 0 Å². The second-order valence-corrected chi connectivity index (χ2v) is 3.40. The minimum Gasteiger partial charge on any atom is -0.452 e. The predicted octanol–water partition coefficient (Wildman–Crippen LogP) is 1.07. The number of esters is 1. The van der Waals surface area contributed by atoms with Crippen molar-refractivity contribution in [3.8, 4) is 0 Å². The summed E-state index contributed by atoms with van der Waals surface area (Å²) in [6.45, 7) is 3.49. The highest BCUT2D eigenvalue weighted by molar-refractivity contribution is 5.85. The summed E-state index contributed by atoms with van der Waals surface area (Å²) in [4.78, 5) is 21.9. The molecule has 4 nitrogen and oxygen atoms in total. The number of amides is 1. The molecule has 1 aromatic rings. The molecule has 0 saturated carbocycles. The molecule has 1 rings (SSSR count). The van der Waals surface area contributed by atoms with Crippen molar-refractivity contribution < 1.29 is 14.3 Å². The second-order valence-electron chi connectivity index (χ2n) is 3.40. The number of ether oxygens (including phenoxy) is 1. The van der Waals surface area contributed by atoms with Crippen molar-refractivity contribution in [1.82, 2.24) is 5.32 Å². The maximum absolute atomic E-state index is 11.2. The standard InChI is InChI=1S/C13H15NO3/c1-2-13(16)17-10-12(15)14-9-8-11-6-4-3-5-7-11/h2-7H,1,8-10H2,(H,14,15). The molecule has 0 aliphatic heterocycles. The van der Waals surface area contributed by atoms with Crippen molar-refractivity contribution in [3.05, 3.63) is 48.6 Å². The number of carbonyl (C=O) groups is 2. The summed E-state index contributed by atoms with van der Waals surface area (Å²) in [5.41, 5.74) is 1.15. The minimum atomic E-state index is -0.594. The van der Waals surface area contributed by atoms with Gasteiger partial charge in [0.1, 0.15) is 0 Å². The number of hydrogen-bond donors (Lipinski definition) is 1. The van der Waals surface area contributed by atoms with E-state index in [1.165, 1.54) is 0 Å². The molecule has 0 heterocycles. The SMILES string of the molecule is C=CC(=O)OCC(=O)NCCc1ccccc1. The van der Waals surface area contributed by atoms with E-state index in [-0.39, 0.29) is 12.5 Å². The summed E-state index contributed by atoms with van der Waals surface area (Å²) in [5.74, 6) is -0.903. The summed E-state index contributed by atoms with van der Waals surface area (Å²) in [6, 6.07) is 9.82. The Bertz CT molecular complexity index is 387. The van der Waals surface area contributed by atoms with Gasteiger partial charge in [-0.1, -0.05) is 36.9 Å². The van der Waals surface area contributed by atoms with E-state index in [2.05, 4.69) is 16.6 Å². The lowest BCUT2D eigenvalue weighted by Crippen LogP contribution is -2.30. The van der Waals surface area contributed by atoms with Gasteiger partial charge in [-0.25, -0.2) is 4.79 Å². The Balaban J connectivity index is 2.16. The fourth-order valence-electron chi connectivity index (χ4n) is 1.24. The van der Waals surface area contributed by atoms with E-state index in [1.807, 2.05) is 30.3 Å². The fraction of sp³-hybridized carbons (Fsp3) is 0.231. The monoisotopic (exact) mass is 233 g/mol. The number of nitrogens with one attached hydrogen (secondary N) is 1. The molecule has 0 aliphatic carbocycles. The topological polar surface area (TPSA) is 55.4 Å². The highest BCUT2D eigenvalue weighted by Gasteiger charge is 2.03. The van der Waals surface area contributed by atoms with Gasteiger partial charge in [0.15, 0.2) is 6.61 Å². The zero-order chi connectivity index (χ0) is 12.5. The third-order valence-corrected chi connectivity index (χ3v) is 2.09. The van der Waals surface area contributed by atoms with Crippen LogP contribution in [0.25, 0.3) is 0 Å². The molecule has 1 aromatic carbocycles. The normalized spacial score (nSPS) is 9.41. The lowest BCUT2D eigenvalue weighted by atomic mass is 10.1. The van der Waals surface area contributed by atoms with Crippen molar-refractivity contribution in [2.45, 2.75) is 6.42 Å². The molecule has 90 valence electrons. The Labute approximate surface area is 100 Å². The lowest BCUT2D eigenvalue weighted by molar-refractivity contribution is -0.143. The largest absolute Gasteiger partial charge is 0.452 e. The third kappa shape index (κ3) is 5.51. The van der Waals surface area contributed by atoms with Crippen LogP contribution in [0.5, 0.6) is 0 Å². The Morgan fingerprint density at radius 2 is 2.00 bits per heavy atom. The highest BCUT2D eigenvalue weighted by atomic mass is 16.5. The first-order valence-electron chi connectivity index (χ1n) is 5.32. The Hall–Kier alpha value is -2.10. The number of carbonyl (C=O) groups excluding carboxylic acids is 2. The average Bonchev–Trinajstić information content (AvgIpc) is 2.37. The van der Waals surface area contributed by atoms with Crippen molar-refractivity contribution >= 4 is 11.9 Å².